The van der Waals surface area contributed by atoms with E-state index in [1.165, 1.54) is 0 Å². The van der Waals surface area contributed by atoms with Crippen molar-refractivity contribution in [3.63, 3.8) is 0 Å². The van der Waals surface area contributed by atoms with E-state index >= 15 is 0 Å². The number of carbonyl (C=O) groups is 1. The number of amides is 1. The number of pyridine rings is 1. The predicted molar refractivity (Wildman–Crippen MR) is 127 cm³/mol. The lowest BCUT2D eigenvalue weighted by Gasteiger charge is -2.28. The number of aryl methyl sites for hydroxylation is 1. The fourth-order valence-electron chi connectivity index (χ4n) is 3.11. The van der Waals surface area contributed by atoms with E-state index in [1.54, 1.807) is 23.7 Å². The molecule has 1 unspecified atom stereocenters. The predicted octanol–water partition coefficient (Wildman–Crippen LogP) is 3.08. The Balaban J connectivity index is 2.41. The van der Waals surface area contributed by atoms with E-state index in [0.29, 0.717) is 6.54 Å². The second-order valence-electron chi connectivity index (χ2n) is 9.12. The summed E-state index contributed by atoms with van der Waals surface area (Å²) in [5, 5.41) is 6.36. The van der Waals surface area contributed by atoms with E-state index in [0.717, 1.165) is 38.3 Å². The second kappa shape index (κ2) is 13.0. The number of rotatable bonds is 10. The number of nitrogens with zero attached hydrogens (tertiary/aromatic N) is 3. The van der Waals surface area contributed by atoms with Crippen molar-refractivity contribution in [2.24, 2.45) is 10.9 Å². The van der Waals surface area contributed by atoms with Crippen LogP contribution in [0.3, 0.4) is 0 Å². The molecule has 0 radical (unpaired) electrons. The number of nitrogens with one attached hydrogen (secondary N) is 2. The van der Waals surface area contributed by atoms with Gasteiger partial charge in [-0.05, 0) is 52.0 Å². The molecule has 8 nitrogen and oxygen atoms in total. The Morgan fingerprint density at radius 3 is 2.55 bits per heavy atom. The van der Waals surface area contributed by atoms with Gasteiger partial charge in [-0.15, -0.1) is 0 Å². The molecule has 2 N–H and O–H groups in total. The average Bonchev–Trinajstić information content (AvgIpc) is 2.67. The van der Waals surface area contributed by atoms with Crippen molar-refractivity contribution in [2.45, 2.75) is 72.1 Å². The van der Waals surface area contributed by atoms with Crippen LogP contribution in [0.15, 0.2) is 34.2 Å². The monoisotopic (exact) mass is 435 g/mol. The third-order valence-corrected chi connectivity index (χ3v) is 4.86. The van der Waals surface area contributed by atoms with Crippen molar-refractivity contribution in [1.29, 1.82) is 0 Å². The molecule has 0 spiro atoms. The topological polar surface area (TPSA) is 88.0 Å². The Bertz CT molecular complexity index is 752. The van der Waals surface area contributed by atoms with Gasteiger partial charge in [0.2, 0.25) is 5.56 Å². The maximum atomic E-state index is 12.1. The molecule has 0 aromatic carbocycles. The molecule has 1 amide bonds. The lowest BCUT2D eigenvalue weighted by atomic mass is 10.0. The molecule has 0 aliphatic carbocycles. The normalized spacial score (nSPS) is 13.1. The summed E-state index contributed by atoms with van der Waals surface area (Å²) in [5.74, 6) is 1.11. The highest BCUT2D eigenvalue weighted by atomic mass is 16.6. The Labute approximate surface area is 187 Å². The van der Waals surface area contributed by atoms with Crippen molar-refractivity contribution in [2.75, 3.05) is 27.2 Å². The van der Waals surface area contributed by atoms with Gasteiger partial charge >= 0.3 is 6.09 Å². The maximum absolute atomic E-state index is 12.1. The van der Waals surface area contributed by atoms with Crippen LogP contribution in [0, 0.1) is 5.92 Å². The Hall–Kier alpha value is -2.51. The molecule has 1 aromatic rings. The molecule has 8 heteroatoms. The van der Waals surface area contributed by atoms with E-state index in [9.17, 15) is 9.59 Å². The number of carbonyl (C=O) groups excluding carboxylic acids is 1. The quantitative estimate of drug-likeness (QED) is 0.335. The first-order valence-electron chi connectivity index (χ1n) is 11.1. The highest BCUT2D eigenvalue weighted by molar-refractivity contribution is 5.79. The van der Waals surface area contributed by atoms with Crippen molar-refractivity contribution >= 4 is 12.1 Å². The Kier molecular flexibility index (Phi) is 11.1. The second-order valence-corrected chi connectivity index (χ2v) is 9.12. The van der Waals surface area contributed by atoms with Gasteiger partial charge in [0.25, 0.3) is 0 Å². The van der Waals surface area contributed by atoms with Crippen molar-refractivity contribution < 1.29 is 9.53 Å². The molecular formula is C23H41N5O3. The van der Waals surface area contributed by atoms with Gasteiger partial charge < -0.3 is 24.8 Å². The number of unbranched alkanes of at least 4 members (excludes halogenated alkanes) is 1. The van der Waals surface area contributed by atoms with E-state index in [4.69, 9.17) is 4.74 Å². The standard InChI is InChI=1S/C23H41N5O3/c1-18(2)19(26-22(30)31-23(3,4)5)13-17-27(7)21(24-6)25-14-9-11-16-28-15-10-8-12-20(28)29/h8,10,12,15,18-19H,9,11,13-14,16-17H2,1-7H3,(H,24,25)(H,26,30). The minimum Gasteiger partial charge on any atom is -0.444 e. The summed E-state index contributed by atoms with van der Waals surface area (Å²) in [6.07, 6.45) is 4.06. The van der Waals surface area contributed by atoms with Gasteiger partial charge in [-0.2, -0.15) is 0 Å². The molecule has 1 aromatic heterocycles. The zero-order valence-electron chi connectivity index (χ0n) is 20.3. The van der Waals surface area contributed by atoms with Crippen molar-refractivity contribution in [3.8, 4) is 0 Å². The SMILES string of the molecule is CN=C(NCCCCn1ccccc1=O)N(C)CCC(NC(=O)OC(C)(C)C)C(C)C. The number of hydrogen-bond donors (Lipinski definition) is 2. The molecule has 176 valence electrons. The minimum absolute atomic E-state index is 0.0135. The van der Waals surface area contributed by atoms with Crippen LogP contribution in [-0.2, 0) is 11.3 Å². The number of alkyl carbamates (subject to hydrolysis) is 1. The summed E-state index contributed by atoms with van der Waals surface area (Å²) in [5.41, 5.74) is -0.478. The van der Waals surface area contributed by atoms with Crippen LogP contribution >= 0.6 is 0 Å². The van der Waals surface area contributed by atoms with Gasteiger partial charge in [0, 0.05) is 52.0 Å². The van der Waals surface area contributed by atoms with Crippen LogP contribution < -0.4 is 16.2 Å². The van der Waals surface area contributed by atoms with Crippen molar-refractivity contribution in [1.82, 2.24) is 20.1 Å². The fourth-order valence-corrected chi connectivity index (χ4v) is 3.11. The minimum atomic E-state index is -0.511. The molecule has 1 atom stereocenters. The van der Waals surface area contributed by atoms with E-state index in [1.807, 2.05) is 40.1 Å². The third-order valence-electron chi connectivity index (χ3n) is 4.86. The van der Waals surface area contributed by atoms with Crippen LogP contribution in [0.25, 0.3) is 0 Å². The molecule has 0 fully saturated rings. The van der Waals surface area contributed by atoms with Gasteiger partial charge in [0.05, 0.1) is 0 Å². The third kappa shape index (κ3) is 10.9. The summed E-state index contributed by atoms with van der Waals surface area (Å²) < 4.78 is 7.12. The highest BCUT2D eigenvalue weighted by Gasteiger charge is 2.22. The molecule has 1 rings (SSSR count). The van der Waals surface area contributed by atoms with Gasteiger partial charge in [-0.3, -0.25) is 9.79 Å². The van der Waals surface area contributed by atoms with Gasteiger partial charge in [0.1, 0.15) is 5.60 Å². The fraction of sp³-hybridized carbons (Fsp3) is 0.696. The molecule has 1 heterocycles. The van der Waals surface area contributed by atoms with Gasteiger partial charge in [-0.25, -0.2) is 4.79 Å². The maximum Gasteiger partial charge on any atom is 0.407 e. The number of aromatic nitrogens is 1. The van der Waals surface area contributed by atoms with E-state index in [-0.39, 0.29) is 23.6 Å². The van der Waals surface area contributed by atoms with Crippen LogP contribution in [0.4, 0.5) is 4.79 Å². The first-order valence-corrected chi connectivity index (χ1v) is 11.1. The first kappa shape index (κ1) is 26.5. The largest absolute Gasteiger partial charge is 0.444 e. The van der Waals surface area contributed by atoms with Crippen LogP contribution in [0.1, 0.15) is 53.9 Å². The Morgan fingerprint density at radius 2 is 1.97 bits per heavy atom. The lowest BCUT2D eigenvalue weighted by Crippen LogP contribution is -2.45. The summed E-state index contributed by atoms with van der Waals surface area (Å²) in [6.45, 7) is 12.0. The summed E-state index contributed by atoms with van der Waals surface area (Å²) in [4.78, 5) is 30.3. The lowest BCUT2D eigenvalue weighted by molar-refractivity contribution is 0.0486. The summed E-state index contributed by atoms with van der Waals surface area (Å²) >= 11 is 0. The van der Waals surface area contributed by atoms with Crippen LogP contribution in [-0.4, -0.2) is 60.3 Å². The molecule has 0 aliphatic rings. The van der Waals surface area contributed by atoms with Crippen LogP contribution in [0.5, 0.6) is 0 Å². The molecule has 0 aliphatic heterocycles. The number of hydrogen-bond acceptors (Lipinski definition) is 4. The molecule has 0 saturated heterocycles. The van der Waals surface area contributed by atoms with E-state index in [2.05, 4.69) is 34.4 Å². The van der Waals surface area contributed by atoms with Gasteiger partial charge in [0.15, 0.2) is 5.96 Å². The number of aliphatic imine (C=N–C) groups is 1. The summed E-state index contributed by atoms with van der Waals surface area (Å²) in [7, 11) is 3.75. The summed E-state index contributed by atoms with van der Waals surface area (Å²) in [6, 6.07) is 5.22. The number of guanidine groups is 1. The molecule has 0 bridgehead atoms. The van der Waals surface area contributed by atoms with Gasteiger partial charge in [-0.1, -0.05) is 19.9 Å². The van der Waals surface area contributed by atoms with Crippen LogP contribution in [0.2, 0.25) is 0 Å². The smallest absolute Gasteiger partial charge is 0.407 e. The number of ether oxygens (including phenoxy) is 1. The highest BCUT2D eigenvalue weighted by Crippen LogP contribution is 2.11. The first-order chi connectivity index (χ1) is 14.5. The Morgan fingerprint density at radius 1 is 1.26 bits per heavy atom. The average molecular weight is 436 g/mol. The molecular weight excluding hydrogens is 394 g/mol. The zero-order chi connectivity index (χ0) is 23.4. The van der Waals surface area contributed by atoms with E-state index < -0.39 is 5.60 Å². The molecule has 31 heavy (non-hydrogen) atoms. The zero-order valence-corrected chi connectivity index (χ0v) is 20.3. The van der Waals surface area contributed by atoms with Crippen molar-refractivity contribution in [3.05, 3.63) is 34.7 Å². The molecule has 0 saturated carbocycles.